The predicted molar refractivity (Wildman–Crippen MR) is 98.6 cm³/mol. The van der Waals surface area contributed by atoms with Crippen LogP contribution in [0.3, 0.4) is 0 Å². The molecule has 1 amide bonds. The quantitative estimate of drug-likeness (QED) is 0.590. The number of hydrogen-bond donors (Lipinski definition) is 1. The molecular formula is C19H17F5N4O2. The second kappa shape index (κ2) is 7.54. The van der Waals surface area contributed by atoms with Crippen LogP contribution in [0.5, 0.6) is 5.75 Å². The van der Waals surface area contributed by atoms with Crippen molar-refractivity contribution in [1.82, 2.24) is 14.8 Å². The molecule has 0 saturated heterocycles. The molecule has 160 valence electrons. The van der Waals surface area contributed by atoms with Crippen LogP contribution in [0.2, 0.25) is 0 Å². The number of pyridine rings is 1. The third-order valence-electron chi connectivity index (χ3n) is 4.03. The lowest BCUT2D eigenvalue weighted by atomic mass is 10.1. The standard InChI is InChI=1S/C19H17F5N4O2/c1-18(2,3)28-9-10-7-13(14(30-17(20)21)8-12(10)27-28)26-16(29)11-5-4-6-15(25-11)19(22,23)24/h4-9,17H,1-3H3,(H,26,29). The molecule has 2 heterocycles. The summed E-state index contributed by atoms with van der Waals surface area (Å²) in [5.74, 6) is -1.39. The number of anilines is 1. The van der Waals surface area contributed by atoms with Crippen LogP contribution in [0, 0.1) is 0 Å². The van der Waals surface area contributed by atoms with Crippen LogP contribution in [0.4, 0.5) is 27.6 Å². The normalized spacial score (nSPS) is 12.4. The van der Waals surface area contributed by atoms with Crippen molar-refractivity contribution in [2.45, 2.75) is 39.1 Å². The van der Waals surface area contributed by atoms with Gasteiger partial charge in [0.25, 0.3) is 5.91 Å². The van der Waals surface area contributed by atoms with Gasteiger partial charge in [0, 0.05) is 17.6 Å². The molecule has 0 saturated carbocycles. The summed E-state index contributed by atoms with van der Waals surface area (Å²) in [6.07, 6.45) is -3.08. The van der Waals surface area contributed by atoms with Crippen molar-refractivity contribution < 1.29 is 31.5 Å². The van der Waals surface area contributed by atoms with Crippen LogP contribution in [-0.4, -0.2) is 27.3 Å². The Balaban J connectivity index is 2.00. The second-order valence-electron chi connectivity index (χ2n) is 7.39. The summed E-state index contributed by atoms with van der Waals surface area (Å²) in [5, 5.41) is 7.11. The van der Waals surface area contributed by atoms with Crippen LogP contribution >= 0.6 is 0 Å². The molecular weight excluding hydrogens is 411 g/mol. The number of aromatic nitrogens is 3. The van der Waals surface area contributed by atoms with Crippen molar-refractivity contribution in [3.63, 3.8) is 0 Å². The van der Waals surface area contributed by atoms with Gasteiger partial charge in [-0.1, -0.05) is 6.07 Å². The number of fused-ring (bicyclic) bond motifs is 1. The van der Waals surface area contributed by atoms with Crippen molar-refractivity contribution in [3.8, 4) is 5.75 Å². The molecule has 0 aliphatic heterocycles. The Morgan fingerprint density at radius 3 is 2.47 bits per heavy atom. The molecule has 0 radical (unpaired) electrons. The minimum Gasteiger partial charge on any atom is -0.433 e. The van der Waals surface area contributed by atoms with E-state index in [1.165, 1.54) is 12.1 Å². The van der Waals surface area contributed by atoms with Crippen molar-refractivity contribution >= 4 is 22.5 Å². The number of benzene rings is 1. The van der Waals surface area contributed by atoms with E-state index in [0.29, 0.717) is 10.9 Å². The minimum absolute atomic E-state index is 0.152. The molecule has 0 fully saturated rings. The molecule has 1 aromatic carbocycles. The summed E-state index contributed by atoms with van der Waals surface area (Å²) in [7, 11) is 0. The Morgan fingerprint density at radius 1 is 1.17 bits per heavy atom. The first kappa shape index (κ1) is 21.5. The van der Waals surface area contributed by atoms with E-state index in [2.05, 4.69) is 20.1 Å². The number of hydrogen-bond acceptors (Lipinski definition) is 4. The lowest BCUT2D eigenvalue weighted by molar-refractivity contribution is -0.141. The van der Waals surface area contributed by atoms with Gasteiger partial charge in [-0.15, -0.1) is 0 Å². The first-order valence-corrected chi connectivity index (χ1v) is 8.69. The Morgan fingerprint density at radius 2 is 1.87 bits per heavy atom. The van der Waals surface area contributed by atoms with Gasteiger partial charge in [0.05, 0.1) is 16.7 Å². The summed E-state index contributed by atoms with van der Waals surface area (Å²) in [6.45, 7) is 2.47. The highest BCUT2D eigenvalue weighted by molar-refractivity contribution is 6.05. The molecule has 0 aliphatic carbocycles. The number of ether oxygens (including phenoxy) is 1. The Bertz CT molecular complexity index is 1090. The van der Waals surface area contributed by atoms with Crippen molar-refractivity contribution in [1.29, 1.82) is 0 Å². The van der Waals surface area contributed by atoms with Crippen LogP contribution in [0.15, 0.2) is 36.5 Å². The highest BCUT2D eigenvalue weighted by Gasteiger charge is 2.33. The molecule has 0 spiro atoms. The van der Waals surface area contributed by atoms with Gasteiger partial charge in [-0.3, -0.25) is 9.48 Å². The second-order valence-corrected chi connectivity index (χ2v) is 7.39. The fourth-order valence-electron chi connectivity index (χ4n) is 2.59. The van der Waals surface area contributed by atoms with Gasteiger partial charge >= 0.3 is 12.8 Å². The van der Waals surface area contributed by atoms with E-state index in [-0.39, 0.29) is 11.4 Å². The van der Waals surface area contributed by atoms with Crippen molar-refractivity contribution in [3.05, 3.63) is 47.9 Å². The predicted octanol–water partition coefficient (Wildman–Crippen LogP) is 5.06. The summed E-state index contributed by atoms with van der Waals surface area (Å²) in [5.41, 5.74) is -1.98. The monoisotopic (exact) mass is 428 g/mol. The average molecular weight is 428 g/mol. The van der Waals surface area contributed by atoms with Gasteiger partial charge in [0.1, 0.15) is 11.4 Å². The summed E-state index contributed by atoms with van der Waals surface area (Å²) in [6, 6.07) is 5.40. The summed E-state index contributed by atoms with van der Waals surface area (Å²) < 4.78 is 70.3. The van der Waals surface area contributed by atoms with Gasteiger partial charge in [-0.25, -0.2) is 4.98 Å². The van der Waals surface area contributed by atoms with Gasteiger partial charge in [0.15, 0.2) is 5.75 Å². The van der Waals surface area contributed by atoms with E-state index < -0.39 is 35.6 Å². The molecule has 30 heavy (non-hydrogen) atoms. The third kappa shape index (κ3) is 4.66. The zero-order chi connectivity index (χ0) is 22.3. The van der Waals surface area contributed by atoms with E-state index in [1.807, 2.05) is 20.8 Å². The number of halogens is 5. The summed E-state index contributed by atoms with van der Waals surface area (Å²) in [4.78, 5) is 15.7. The first-order valence-electron chi connectivity index (χ1n) is 8.69. The van der Waals surface area contributed by atoms with E-state index in [9.17, 15) is 26.7 Å². The molecule has 3 rings (SSSR count). The number of amides is 1. The molecule has 11 heteroatoms. The largest absolute Gasteiger partial charge is 0.433 e. The van der Waals surface area contributed by atoms with E-state index >= 15 is 0 Å². The number of carbonyl (C=O) groups excluding carboxylic acids is 1. The Kier molecular flexibility index (Phi) is 5.40. The molecule has 0 unspecified atom stereocenters. The molecule has 0 bridgehead atoms. The molecule has 0 aliphatic rings. The van der Waals surface area contributed by atoms with Crippen molar-refractivity contribution in [2.75, 3.05) is 5.32 Å². The summed E-state index contributed by atoms with van der Waals surface area (Å²) >= 11 is 0. The van der Waals surface area contributed by atoms with Gasteiger partial charge in [-0.05, 0) is 39.0 Å². The fourth-order valence-corrected chi connectivity index (χ4v) is 2.59. The van der Waals surface area contributed by atoms with Crippen LogP contribution < -0.4 is 10.1 Å². The van der Waals surface area contributed by atoms with Gasteiger partial charge in [0.2, 0.25) is 0 Å². The fraction of sp³-hybridized carbons (Fsp3) is 0.316. The van der Waals surface area contributed by atoms with Gasteiger partial charge in [-0.2, -0.15) is 27.1 Å². The molecule has 3 aromatic rings. The number of alkyl halides is 5. The van der Waals surface area contributed by atoms with Gasteiger partial charge < -0.3 is 10.1 Å². The minimum atomic E-state index is -4.74. The maximum Gasteiger partial charge on any atom is 0.433 e. The first-order chi connectivity index (χ1) is 13.8. The highest BCUT2D eigenvalue weighted by Crippen LogP contribution is 2.33. The highest BCUT2D eigenvalue weighted by atomic mass is 19.4. The molecule has 1 N–H and O–H groups in total. The number of carbonyl (C=O) groups is 1. The number of rotatable bonds is 4. The lowest BCUT2D eigenvalue weighted by Crippen LogP contribution is -2.21. The van der Waals surface area contributed by atoms with E-state index in [0.717, 1.165) is 18.2 Å². The number of nitrogens with one attached hydrogen (secondary N) is 1. The molecule has 2 aromatic heterocycles. The maximum atomic E-state index is 12.8. The topological polar surface area (TPSA) is 69.0 Å². The van der Waals surface area contributed by atoms with Crippen LogP contribution in [-0.2, 0) is 11.7 Å². The Hall–Kier alpha value is -3.24. The average Bonchev–Trinajstić information content (AvgIpc) is 3.04. The van der Waals surface area contributed by atoms with E-state index in [1.54, 1.807) is 10.9 Å². The third-order valence-corrected chi connectivity index (χ3v) is 4.03. The zero-order valence-corrected chi connectivity index (χ0v) is 16.1. The maximum absolute atomic E-state index is 12.8. The molecule has 0 atom stereocenters. The smallest absolute Gasteiger partial charge is 0.433 e. The van der Waals surface area contributed by atoms with Crippen LogP contribution in [0.1, 0.15) is 37.0 Å². The van der Waals surface area contributed by atoms with E-state index in [4.69, 9.17) is 0 Å². The SMILES string of the molecule is CC(C)(C)n1cc2cc(NC(=O)c3cccc(C(F)(F)F)n3)c(OC(F)F)cc2n1. The number of nitrogens with zero attached hydrogens (tertiary/aromatic N) is 3. The Labute approximate surface area is 167 Å². The lowest BCUT2D eigenvalue weighted by Gasteiger charge is -2.18. The zero-order valence-electron chi connectivity index (χ0n) is 16.1. The van der Waals surface area contributed by atoms with Crippen molar-refractivity contribution in [2.24, 2.45) is 0 Å². The molecule has 6 nitrogen and oxygen atoms in total. The van der Waals surface area contributed by atoms with Crippen LogP contribution in [0.25, 0.3) is 10.9 Å².